The molecule has 0 aromatic carbocycles. The van der Waals surface area contributed by atoms with Gasteiger partial charge >= 0.3 is 0 Å². The lowest BCUT2D eigenvalue weighted by Crippen LogP contribution is -2.38. The fourth-order valence-electron chi connectivity index (χ4n) is 2.50. The van der Waals surface area contributed by atoms with Gasteiger partial charge in [-0.05, 0) is 36.8 Å². The number of nitrogens with two attached hydrogens (primary N) is 1. The molecule has 1 aromatic heterocycles. The summed E-state index contributed by atoms with van der Waals surface area (Å²) in [6, 6.07) is 3.18. The molecule has 1 fully saturated rings. The largest absolute Gasteiger partial charge is 0.321 e. The van der Waals surface area contributed by atoms with Crippen LogP contribution in [0.4, 0.5) is 5.69 Å². The minimum atomic E-state index is -3.65. The Bertz CT molecular complexity index is 546. The fraction of sp³-hybridized carbons (Fsp3) is 0.583. The molecule has 1 saturated carbocycles. The van der Waals surface area contributed by atoms with Crippen molar-refractivity contribution >= 4 is 15.7 Å². The first-order valence-electron chi connectivity index (χ1n) is 6.39. The van der Waals surface area contributed by atoms with E-state index in [4.69, 9.17) is 5.84 Å². The maximum Gasteiger partial charge on any atom is 0.260 e. The van der Waals surface area contributed by atoms with Crippen LogP contribution in [0.3, 0.4) is 0 Å². The third kappa shape index (κ3) is 2.88. The number of anilines is 1. The van der Waals surface area contributed by atoms with Crippen molar-refractivity contribution in [2.75, 3.05) is 5.43 Å². The number of nitrogens with zero attached hydrogens (tertiary/aromatic N) is 1. The average molecular weight is 284 g/mol. The summed E-state index contributed by atoms with van der Waals surface area (Å²) in [6.07, 6.45) is 3.34. The summed E-state index contributed by atoms with van der Waals surface area (Å²) in [5.74, 6) is 6.18. The minimum absolute atomic E-state index is 0.0346. The third-order valence-electron chi connectivity index (χ3n) is 3.95. The van der Waals surface area contributed by atoms with Gasteiger partial charge in [0.05, 0.1) is 5.69 Å². The molecule has 0 amide bonds. The molecule has 0 radical (unpaired) electrons. The zero-order valence-corrected chi connectivity index (χ0v) is 11.9. The summed E-state index contributed by atoms with van der Waals surface area (Å²) >= 11 is 0. The summed E-state index contributed by atoms with van der Waals surface area (Å²) in [5, 5.41) is -0.0516. The number of aromatic nitrogens is 1. The van der Waals surface area contributed by atoms with Crippen LogP contribution in [0.15, 0.2) is 23.4 Å². The van der Waals surface area contributed by atoms with Crippen LogP contribution in [-0.4, -0.2) is 19.4 Å². The van der Waals surface area contributed by atoms with E-state index in [1.165, 1.54) is 6.20 Å². The van der Waals surface area contributed by atoms with Gasteiger partial charge < -0.3 is 5.43 Å². The zero-order chi connectivity index (χ0) is 14.0. The number of rotatable bonds is 4. The predicted octanol–water partition coefficient (Wildman–Crippen LogP) is 1.08. The van der Waals surface area contributed by atoms with E-state index in [1.807, 2.05) is 0 Å². The number of hydrazine groups is 1. The van der Waals surface area contributed by atoms with Crippen LogP contribution in [-0.2, 0) is 10.0 Å². The molecule has 7 heteroatoms. The second kappa shape index (κ2) is 5.44. The number of pyridine rings is 1. The van der Waals surface area contributed by atoms with Crippen molar-refractivity contribution in [1.82, 2.24) is 9.71 Å². The lowest BCUT2D eigenvalue weighted by molar-refractivity contribution is 0.402. The second-order valence-electron chi connectivity index (χ2n) is 5.14. The molecule has 1 heterocycles. The molecule has 0 saturated heterocycles. The highest BCUT2D eigenvalue weighted by molar-refractivity contribution is 7.89. The first-order valence-corrected chi connectivity index (χ1v) is 7.88. The highest BCUT2D eigenvalue weighted by atomic mass is 32.2. The summed E-state index contributed by atoms with van der Waals surface area (Å²) in [7, 11) is -3.65. The number of hydrogen-bond donors (Lipinski definition) is 3. The molecule has 0 aliphatic heterocycles. The first-order chi connectivity index (χ1) is 8.95. The maximum absolute atomic E-state index is 12.4. The molecule has 1 aliphatic rings. The molecule has 2 rings (SSSR count). The molecule has 3 unspecified atom stereocenters. The van der Waals surface area contributed by atoms with E-state index in [9.17, 15) is 8.42 Å². The van der Waals surface area contributed by atoms with Gasteiger partial charge in [0, 0.05) is 12.2 Å². The van der Waals surface area contributed by atoms with Crippen LogP contribution in [0, 0.1) is 11.8 Å². The highest BCUT2D eigenvalue weighted by Gasteiger charge is 2.34. The summed E-state index contributed by atoms with van der Waals surface area (Å²) in [6.45, 7) is 4.22. The van der Waals surface area contributed by atoms with Gasteiger partial charge in [0.25, 0.3) is 10.0 Å². The quantitative estimate of drug-likeness (QED) is 0.568. The van der Waals surface area contributed by atoms with Crippen LogP contribution in [0.5, 0.6) is 0 Å². The first kappa shape index (κ1) is 14.2. The average Bonchev–Trinajstić information content (AvgIpc) is 2.70. The summed E-state index contributed by atoms with van der Waals surface area (Å²) < 4.78 is 27.4. The zero-order valence-electron chi connectivity index (χ0n) is 11.1. The van der Waals surface area contributed by atoms with Gasteiger partial charge in [-0.25, -0.2) is 18.1 Å². The monoisotopic (exact) mass is 284 g/mol. The SMILES string of the molecule is CC1CCC(NS(=O)(=O)c2ncccc2NN)C1C. The molecule has 0 spiro atoms. The van der Waals surface area contributed by atoms with Crippen molar-refractivity contribution in [1.29, 1.82) is 0 Å². The van der Waals surface area contributed by atoms with E-state index >= 15 is 0 Å². The Morgan fingerprint density at radius 2 is 2.11 bits per heavy atom. The van der Waals surface area contributed by atoms with Gasteiger partial charge in [-0.15, -0.1) is 0 Å². The van der Waals surface area contributed by atoms with E-state index in [-0.39, 0.29) is 11.1 Å². The number of nitrogen functional groups attached to an aromatic ring is 1. The van der Waals surface area contributed by atoms with Gasteiger partial charge in [-0.1, -0.05) is 13.8 Å². The Hall–Kier alpha value is -1.18. The Morgan fingerprint density at radius 3 is 2.68 bits per heavy atom. The number of hydrogen-bond acceptors (Lipinski definition) is 5. The molecular formula is C12H20N4O2S. The van der Waals surface area contributed by atoms with Crippen LogP contribution in [0.1, 0.15) is 26.7 Å². The van der Waals surface area contributed by atoms with Gasteiger partial charge in [0.2, 0.25) is 0 Å². The lowest BCUT2D eigenvalue weighted by Gasteiger charge is -2.20. The van der Waals surface area contributed by atoms with Crippen molar-refractivity contribution in [3.8, 4) is 0 Å². The molecule has 6 nitrogen and oxygen atoms in total. The Morgan fingerprint density at radius 1 is 1.37 bits per heavy atom. The highest BCUT2D eigenvalue weighted by Crippen LogP contribution is 2.32. The van der Waals surface area contributed by atoms with Crippen LogP contribution in [0.2, 0.25) is 0 Å². The van der Waals surface area contributed by atoms with Gasteiger partial charge in [-0.2, -0.15) is 0 Å². The van der Waals surface area contributed by atoms with Crippen LogP contribution < -0.4 is 16.0 Å². The minimum Gasteiger partial charge on any atom is -0.321 e. The molecule has 19 heavy (non-hydrogen) atoms. The second-order valence-corrected chi connectivity index (χ2v) is 6.77. The summed E-state index contributed by atoms with van der Waals surface area (Å²) in [4.78, 5) is 3.91. The number of sulfonamides is 1. The van der Waals surface area contributed by atoms with Gasteiger partial charge in [0.15, 0.2) is 5.03 Å². The van der Waals surface area contributed by atoms with E-state index in [1.54, 1.807) is 12.1 Å². The van der Waals surface area contributed by atoms with E-state index in [0.29, 0.717) is 17.5 Å². The van der Waals surface area contributed by atoms with Gasteiger partial charge in [0.1, 0.15) is 0 Å². The van der Waals surface area contributed by atoms with Crippen molar-refractivity contribution in [2.45, 2.75) is 37.8 Å². The Labute approximate surface area is 113 Å². The molecule has 3 atom stereocenters. The fourth-order valence-corrected chi connectivity index (χ4v) is 3.96. The van der Waals surface area contributed by atoms with Crippen LogP contribution >= 0.6 is 0 Å². The standard InChI is InChI=1S/C12H20N4O2S/c1-8-5-6-10(9(8)2)16-19(17,18)12-11(15-13)4-3-7-14-12/h3-4,7-10,15-16H,5-6,13H2,1-2H3. The predicted molar refractivity (Wildman–Crippen MR) is 73.7 cm³/mol. The Kier molecular flexibility index (Phi) is 4.07. The molecule has 1 aromatic rings. The molecule has 1 aliphatic carbocycles. The summed E-state index contributed by atoms with van der Waals surface area (Å²) in [5.41, 5.74) is 2.66. The van der Waals surface area contributed by atoms with Crippen molar-refractivity contribution in [3.63, 3.8) is 0 Å². The Balaban J connectivity index is 2.23. The molecule has 0 bridgehead atoms. The topological polar surface area (TPSA) is 97.1 Å². The number of nitrogens with one attached hydrogen (secondary N) is 2. The third-order valence-corrected chi connectivity index (χ3v) is 5.40. The van der Waals surface area contributed by atoms with Crippen LogP contribution in [0.25, 0.3) is 0 Å². The van der Waals surface area contributed by atoms with E-state index < -0.39 is 10.0 Å². The van der Waals surface area contributed by atoms with E-state index in [0.717, 1.165) is 12.8 Å². The molecule has 4 N–H and O–H groups in total. The smallest absolute Gasteiger partial charge is 0.260 e. The van der Waals surface area contributed by atoms with Gasteiger partial charge in [-0.3, -0.25) is 5.84 Å². The van der Waals surface area contributed by atoms with Crippen molar-refractivity contribution in [3.05, 3.63) is 18.3 Å². The normalized spacial score (nSPS) is 27.4. The van der Waals surface area contributed by atoms with Crippen molar-refractivity contribution < 1.29 is 8.42 Å². The molecular weight excluding hydrogens is 264 g/mol. The molecule has 106 valence electrons. The van der Waals surface area contributed by atoms with E-state index in [2.05, 4.69) is 29.0 Å². The maximum atomic E-state index is 12.4. The lowest BCUT2D eigenvalue weighted by atomic mass is 9.98. The van der Waals surface area contributed by atoms with Crippen molar-refractivity contribution in [2.24, 2.45) is 17.7 Å².